The van der Waals surface area contributed by atoms with Crippen LogP contribution in [0.3, 0.4) is 0 Å². The van der Waals surface area contributed by atoms with Gasteiger partial charge in [-0.25, -0.2) is 0 Å². The molecule has 2 fully saturated rings. The third kappa shape index (κ3) is 65.6. The molecule has 1 radical (unpaired) electrons. The van der Waals surface area contributed by atoms with E-state index in [1.54, 1.807) is 55.4 Å². The predicted octanol–water partition coefficient (Wildman–Crippen LogP) is -5.32. The zero-order valence-corrected chi connectivity index (χ0v) is 46.8. The van der Waals surface area contributed by atoms with Crippen molar-refractivity contribution in [3.05, 3.63) is 0 Å². The van der Waals surface area contributed by atoms with E-state index in [9.17, 15) is 58.2 Å². The Kier molecular flexibility index (Phi) is 65.2. The predicted molar refractivity (Wildman–Crippen MR) is 275 cm³/mol. The molecule has 2 rings (SSSR count). The molecule has 0 aromatic heterocycles. The van der Waals surface area contributed by atoms with Crippen LogP contribution in [-0.2, 0) is 65.0 Å². The second kappa shape index (κ2) is 54.3. The zero-order chi connectivity index (χ0) is 60.9. The molecule has 0 saturated carbocycles. The summed E-state index contributed by atoms with van der Waals surface area (Å²) in [6.07, 6.45) is 3.57. The summed E-state index contributed by atoms with van der Waals surface area (Å²) in [4.78, 5) is 98.8. The number of carboxylic acids is 10. The van der Waals surface area contributed by atoms with Gasteiger partial charge in [0.2, 0.25) is 0 Å². The first kappa shape index (κ1) is 90.1. The SMILES string of the molecule is CC(C)[C@H](N)C(=O)O.CC(C)[C@H](N)C(=O)O.CC(C)[C@H](N)C(=O)O.CC(C)[C@H](N)C(=O)O.C[C@H](N)C(=O)O.C[C@H](N)C(=O)O.N[C@@H](CS)C(=O)[O-].N[C@@H](CS)C(=O)[O-].O=C(O)[C@@H]1CCCN1.O=C(O)[C@@H]1CCCN1.[Cu+2]. The Bertz CT molecular complexity index is 1390. The van der Waals surface area contributed by atoms with E-state index in [1.807, 2.05) is 0 Å². The molecule has 10 atom stereocenters. The van der Waals surface area contributed by atoms with Crippen molar-refractivity contribution in [2.75, 3.05) is 24.6 Å². The first-order chi connectivity index (χ1) is 33.5. The standard InChI is InChI=1S/2C5H9NO2.4C5H11NO2.2C3H7NO2S.2C3H7NO2.Cu/c2*7-5(8)4-2-1-3-6-4;4*1-3(2)4(6)5(7)8;2*4-2(1-7)3(5)6;2*1-2(4)3(5)6;/h2*4,6H,1-3H2,(H,7,8);4*3-4H,6H2,1-2H3,(H,7,8);2*2,7H,1,4H2,(H,5,6);2*2H,4H2,1H3,(H,5,6);/q;;;;;;;;;;+2/p-2/t6*4-;4*2-;/m0000000000./s1. The van der Waals surface area contributed by atoms with Crippen LogP contribution in [0.5, 0.6) is 0 Å². The summed E-state index contributed by atoms with van der Waals surface area (Å²) in [5, 5.41) is 90.3. The molecule has 0 aromatic carbocycles. The maximum absolute atomic E-state index is 10.1. The molecule has 0 unspecified atom stereocenters. The van der Waals surface area contributed by atoms with Crippen LogP contribution in [0.25, 0.3) is 0 Å². The molecule has 30 nitrogen and oxygen atoms in total. The Labute approximate surface area is 459 Å². The Morgan fingerprint density at radius 2 is 0.600 bits per heavy atom. The van der Waals surface area contributed by atoms with Crippen LogP contribution in [0, 0.1) is 23.7 Å². The van der Waals surface area contributed by atoms with Gasteiger partial charge in [-0.05, 0) is 76.3 Å². The second-order valence-electron chi connectivity index (χ2n) is 16.9. The summed E-state index contributed by atoms with van der Waals surface area (Å²) in [6, 6.07) is -6.71. The van der Waals surface area contributed by atoms with Crippen molar-refractivity contribution in [1.29, 1.82) is 0 Å². The minimum Gasteiger partial charge on any atom is -0.548 e. The quantitative estimate of drug-likeness (QED) is 0.0507. The van der Waals surface area contributed by atoms with Gasteiger partial charge in [0.05, 0.1) is 24.0 Å². The van der Waals surface area contributed by atoms with E-state index in [0.717, 1.165) is 38.8 Å². The summed E-state index contributed by atoms with van der Waals surface area (Å²) >= 11 is 7.22. The van der Waals surface area contributed by atoms with Gasteiger partial charge in [0.25, 0.3) is 0 Å². The molecule has 449 valence electrons. The molecule has 0 spiro atoms. The molecule has 2 aliphatic rings. The van der Waals surface area contributed by atoms with E-state index >= 15 is 0 Å². The number of nitrogens with one attached hydrogen (secondary N) is 2. The molecule has 2 heterocycles. The molecule has 0 aromatic rings. The van der Waals surface area contributed by atoms with Gasteiger partial charge in [-0.15, -0.1) is 0 Å². The van der Waals surface area contributed by atoms with Crippen molar-refractivity contribution in [2.45, 2.75) is 155 Å². The van der Waals surface area contributed by atoms with E-state index < -0.39 is 108 Å². The Morgan fingerprint density at radius 3 is 0.627 bits per heavy atom. The number of carboxylic acid groups (broad SMARTS) is 10. The van der Waals surface area contributed by atoms with Crippen molar-refractivity contribution in [3.8, 4) is 0 Å². The summed E-state index contributed by atoms with van der Waals surface area (Å²) < 4.78 is 0. The van der Waals surface area contributed by atoms with Crippen LogP contribution in [0.2, 0.25) is 0 Å². The molecule has 0 bridgehead atoms. The summed E-state index contributed by atoms with van der Waals surface area (Å²) in [5.41, 5.74) is 40.1. The largest absolute Gasteiger partial charge is 2.00 e. The van der Waals surface area contributed by atoms with Crippen LogP contribution in [0.4, 0.5) is 0 Å². The van der Waals surface area contributed by atoms with Gasteiger partial charge >= 0.3 is 64.8 Å². The average Bonchev–Trinajstić information content (AvgIpc) is 4.06. The Balaban J connectivity index is -0.0000000922. The van der Waals surface area contributed by atoms with Crippen LogP contribution in [0.15, 0.2) is 0 Å². The first-order valence-corrected chi connectivity index (χ1v) is 23.7. The van der Waals surface area contributed by atoms with E-state index in [1.165, 1.54) is 13.8 Å². The fourth-order valence-electron chi connectivity index (χ4n) is 3.08. The van der Waals surface area contributed by atoms with E-state index in [-0.39, 0.29) is 64.3 Å². The minimum absolute atomic E-state index is 0. The Hall–Kier alpha value is -4.48. The number of rotatable bonds is 16. The van der Waals surface area contributed by atoms with Gasteiger partial charge in [-0.2, -0.15) is 25.3 Å². The number of hydrogen-bond acceptors (Lipinski definition) is 24. The molecule has 33 heteroatoms. The molecule has 0 amide bonds. The number of carbonyl (C=O) groups is 10. The van der Waals surface area contributed by atoms with Gasteiger partial charge in [0.15, 0.2) is 0 Å². The van der Waals surface area contributed by atoms with Crippen LogP contribution >= 0.6 is 25.3 Å². The minimum atomic E-state index is -1.25. The molecule has 0 aliphatic carbocycles. The smallest absolute Gasteiger partial charge is 0.548 e. The Morgan fingerprint density at radius 1 is 0.427 bits per heavy atom. The normalized spacial score (nSPS) is 16.7. The van der Waals surface area contributed by atoms with Crippen molar-refractivity contribution in [1.82, 2.24) is 10.6 Å². The van der Waals surface area contributed by atoms with E-state index in [0.29, 0.717) is 0 Å². The van der Waals surface area contributed by atoms with Gasteiger partial charge in [-0.1, -0.05) is 55.4 Å². The number of carbonyl (C=O) groups excluding carboxylic acids is 2. The van der Waals surface area contributed by atoms with Crippen molar-refractivity contribution < 1.29 is 116 Å². The molecular formula is C42H88CuN10O20S2. The molecule has 2 saturated heterocycles. The number of nitrogens with two attached hydrogens (primary N) is 8. The number of hydrogen-bond donors (Lipinski definition) is 20. The van der Waals surface area contributed by atoms with Crippen LogP contribution < -0.4 is 66.7 Å². The number of aliphatic carboxylic acids is 10. The fourth-order valence-corrected chi connectivity index (χ4v) is 3.38. The fraction of sp³-hybridized carbons (Fsp3) is 0.762. The molecular weight excluding hydrogens is 1090 g/mol. The second-order valence-corrected chi connectivity index (χ2v) is 17.6. The summed E-state index contributed by atoms with van der Waals surface area (Å²) in [6.45, 7) is 18.8. The number of thiol groups is 2. The average molecular weight is 1180 g/mol. The summed E-state index contributed by atoms with van der Waals surface area (Å²) in [7, 11) is 0. The molecule has 26 N–H and O–H groups in total. The van der Waals surface area contributed by atoms with Gasteiger partial charge in [0.1, 0.15) is 48.3 Å². The molecule has 75 heavy (non-hydrogen) atoms. The van der Waals surface area contributed by atoms with Crippen LogP contribution in [0.1, 0.15) is 94.9 Å². The topological polar surface area (TPSA) is 611 Å². The maximum atomic E-state index is 10.1. The summed E-state index contributed by atoms with van der Waals surface area (Å²) in [5.74, 6) is -9.26. The zero-order valence-electron chi connectivity index (χ0n) is 44.0. The van der Waals surface area contributed by atoms with E-state index in [4.69, 9.17) is 86.7 Å². The maximum Gasteiger partial charge on any atom is 2.00 e. The molecule has 2 aliphatic heterocycles. The van der Waals surface area contributed by atoms with Crippen molar-refractivity contribution in [2.24, 2.45) is 69.5 Å². The van der Waals surface area contributed by atoms with Gasteiger partial charge < -0.3 is 117 Å². The van der Waals surface area contributed by atoms with E-state index in [2.05, 4.69) is 35.9 Å². The van der Waals surface area contributed by atoms with Crippen LogP contribution in [-0.4, -0.2) is 186 Å². The third-order valence-corrected chi connectivity index (χ3v) is 9.30. The third-order valence-electron chi connectivity index (χ3n) is 8.51. The first-order valence-electron chi connectivity index (χ1n) is 22.4. The van der Waals surface area contributed by atoms with Gasteiger partial charge in [0, 0.05) is 11.5 Å². The van der Waals surface area contributed by atoms with Gasteiger partial charge in [-0.3, -0.25) is 38.4 Å². The van der Waals surface area contributed by atoms with Crippen molar-refractivity contribution >= 4 is 85.0 Å². The van der Waals surface area contributed by atoms with Crippen molar-refractivity contribution in [3.63, 3.8) is 0 Å². The monoisotopic (exact) mass is 1180 g/mol.